The predicted octanol–water partition coefficient (Wildman–Crippen LogP) is 3.16. The average Bonchev–Trinajstić information content (AvgIpc) is 2.92. The molecule has 2 heterocycles. The summed E-state index contributed by atoms with van der Waals surface area (Å²) in [5.74, 6) is 0.868. The van der Waals surface area contributed by atoms with Crippen LogP contribution in [0.25, 0.3) is 0 Å². The first-order valence-electron chi connectivity index (χ1n) is 5.94. The van der Waals surface area contributed by atoms with Crippen LogP contribution in [0.3, 0.4) is 0 Å². The van der Waals surface area contributed by atoms with Crippen molar-refractivity contribution in [3.05, 3.63) is 40.6 Å². The van der Waals surface area contributed by atoms with Gasteiger partial charge in [-0.1, -0.05) is 6.08 Å². The first-order valence-corrected chi connectivity index (χ1v) is 6.76. The molecule has 1 atom stereocenters. The first kappa shape index (κ1) is 12.8. The van der Waals surface area contributed by atoms with Gasteiger partial charge in [-0.3, -0.25) is 0 Å². The number of hydrogen-bond donors (Lipinski definition) is 1. The maximum atomic E-state index is 4.48. The molecule has 18 heavy (non-hydrogen) atoms. The number of thiazole rings is 1. The van der Waals surface area contributed by atoms with Crippen molar-refractivity contribution in [3.63, 3.8) is 0 Å². The van der Waals surface area contributed by atoms with E-state index >= 15 is 0 Å². The third-order valence-corrected chi connectivity index (χ3v) is 3.75. The van der Waals surface area contributed by atoms with E-state index in [2.05, 4.69) is 40.3 Å². The van der Waals surface area contributed by atoms with E-state index in [9.17, 15) is 0 Å². The molecule has 0 amide bonds. The lowest BCUT2D eigenvalue weighted by Gasteiger charge is -2.14. The standard InChI is InChI=1S/C13H18N4S/c1-5-6-14-13-16-9(2)8-17(13)11(4)12-15-7-10(3)18-12/h5,7-8,11H,1,6H2,2-4H3,(H,14,16). The maximum absolute atomic E-state index is 4.48. The minimum atomic E-state index is 0.192. The van der Waals surface area contributed by atoms with Crippen LogP contribution in [0.5, 0.6) is 0 Å². The summed E-state index contributed by atoms with van der Waals surface area (Å²) < 4.78 is 2.12. The van der Waals surface area contributed by atoms with Gasteiger partial charge < -0.3 is 9.88 Å². The van der Waals surface area contributed by atoms with E-state index in [0.717, 1.165) is 16.6 Å². The second-order valence-corrected chi connectivity index (χ2v) is 5.53. The molecule has 0 saturated carbocycles. The van der Waals surface area contributed by atoms with Gasteiger partial charge in [-0.2, -0.15) is 0 Å². The Morgan fingerprint density at radius 1 is 1.56 bits per heavy atom. The molecule has 1 N–H and O–H groups in total. The van der Waals surface area contributed by atoms with E-state index in [-0.39, 0.29) is 6.04 Å². The quantitative estimate of drug-likeness (QED) is 0.842. The van der Waals surface area contributed by atoms with Crippen LogP contribution in [-0.4, -0.2) is 21.1 Å². The Morgan fingerprint density at radius 2 is 2.33 bits per heavy atom. The van der Waals surface area contributed by atoms with Crippen molar-refractivity contribution in [2.45, 2.75) is 26.8 Å². The molecule has 0 bridgehead atoms. The molecule has 0 aromatic carbocycles. The van der Waals surface area contributed by atoms with Gasteiger partial charge in [0.25, 0.3) is 0 Å². The Morgan fingerprint density at radius 3 is 2.94 bits per heavy atom. The number of hydrogen-bond acceptors (Lipinski definition) is 4. The van der Waals surface area contributed by atoms with E-state index in [4.69, 9.17) is 0 Å². The van der Waals surface area contributed by atoms with Gasteiger partial charge in [0.2, 0.25) is 5.95 Å². The van der Waals surface area contributed by atoms with Gasteiger partial charge in [0.1, 0.15) is 5.01 Å². The van der Waals surface area contributed by atoms with Crippen molar-refractivity contribution in [2.75, 3.05) is 11.9 Å². The Hall–Kier alpha value is -1.62. The van der Waals surface area contributed by atoms with Crippen molar-refractivity contribution < 1.29 is 0 Å². The van der Waals surface area contributed by atoms with Gasteiger partial charge >= 0.3 is 0 Å². The molecule has 1 unspecified atom stereocenters. The van der Waals surface area contributed by atoms with Crippen LogP contribution in [-0.2, 0) is 0 Å². The van der Waals surface area contributed by atoms with E-state index < -0.39 is 0 Å². The van der Waals surface area contributed by atoms with E-state index in [1.54, 1.807) is 11.3 Å². The number of aromatic nitrogens is 3. The second kappa shape index (κ2) is 5.35. The molecule has 0 aliphatic carbocycles. The average molecular weight is 262 g/mol. The lowest BCUT2D eigenvalue weighted by molar-refractivity contribution is 0.640. The highest BCUT2D eigenvalue weighted by Crippen LogP contribution is 2.26. The van der Waals surface area contributed by atoms with Crippen molar-refractivity contribution >= 4 is 17.3 Å². The highest BCUT2D eigenvalue weighted by Gasteiger charge is 2.15. The van der Waals surface area contributed by atoms with Gasteiger partial charge in [-0.25, -0.2) is 9.97 Å². The molecule has 2 aromatic heterocycles. The summed E-state index contributed by atoms with van der Waals surface area (Å²) in [6.45, 7) is 10.6. The molecule has 0 saturated heterocycles. The largest absolute Gasteiger partial charge is 0.352 e. The molecule has 2 rings (SSSR count). The lowest BCUT2D eigenvalue weighted by atomic mass is 10.3. The molecule has 0 fully saturated rings. The molecule has 0 spiro atoms. The minimum absolute atomic E-state index is 0.192. The summed E-state index contributed by atoms with van der Waals surface area (Å²) in [5.41, 5.74) is 1.00. The number of aryl methyl sites for hydroxylation is 2. The molecule has 96 valence electrons. The fraction of sp³-hybridized carbons (Fsp3) is 0.385. The summed E-state index contributed by atoms with van der Waals surface area (Å²) in [6, 6.07) is 0.192. The van der Waals surface area contributed by atoms with Crippen LogP contribution in [0, 0.1) is 13.8 Å². The molecule has 5 heteroatoms. The van der Waals surface area contributed by atoms with Crippen molar-refractivity contribution in [3.8, 4) is 0 Å². The minimum Gasteiger partial charge on any atom is -0.352 e. The maximum Gasteiger partial charge on any atom is 0.203 e. The fourth-order valence-corrected chi connectivity index (χ4v) is 2.61. The summed E-state index contributed by atoms with van der Waals surface area (Å²) >= 11 is 1.72. The number of imidazole rings is 1. The van der Waals surface area contributed by atoms with Crippen LogP contribution < -0.4 is 5.32 Å². The SMILES string of the molecule is C=CCNc1nc(C)cn1C(C)c1ncc(C)s1. The monoisotopic (exact) mass is 262 g/mol. The van der Waals surface area contributed by atoms with Crippen molar-refractivity contribution in [1.29, 1.82) is 0 Å². The zero-order valence-corrected chi connectivity index (χ0v) is 11.8. The Bertz CT molecular complexity index is 541. The third-order valence-electron chi connectivity index (χ3n) is 2.67. The topological polar surface area (TPSA) is 42.7 Å². The zero-order valence-electron chi connectivity index (χ0n) is 11.0. The Kier molecular flexibility index (Phi) is 3.81. The third kappa shape index (κ3) is 2.61. The van der Waals surface area contributed by atoms with E-state index in [1.807, 2.05) is 25.4 Å². The molecule has 2 aromatic rings. The second-order valence-electron chi connectivity index (χ2n) is 4.27. The van der Waals surface area contributed by atoms with Crippen LogP contribution in [0.15, 0.2) is 25.0 Å². The lowest BCUT2D eigenvalue weighted by Crippen LogP contribution is -2.11. The number of rotatable bonds is 5. The van der Waals surface area contributed by atoms with Crippen LogP contribution in [0.4, 0.5) is 5.95 Å². The molecule has 0 radical (unpaired) electrons. The number of nitrogens with zero attached hydrogens (tertiary/aromatic N) is 3. The van der Waals surface area contributed by atoms with Crippen LogP contribution in [0.1, 0.15) is 28.5 Å². The van der Waals surface area contributed by atoms with Gasteiger partial charge in [0, 0.05) is 23.8 Å². The molecule has 4 nitrogen and oxygen atoms in total. The first-order chi connectivity index (χ1) is 8.61. The molecular weight excluding hydrogens is 244 g/mol. The number of anilines is 1. The normalized spacial score (nSPS) is 12.4. The van der Waals surface area contributed by atoms with Gasteiger partial charge in [0.15, 0.2) is 0 Å². The van der Waals surface area contributed by atoms with Gasteiger partial charge in [-0.15, -0.1) is 17.9 Å². The highest BCUT2D eigenvalue weighted by atomic mass is 32.1. The number of nitrogens with one attached hydrogen (secondary N) is 1. The Labute approximate surface area is 111 Å². The van der Waals surface area contributed by atoms with Crippen molar-refractivity contribution in [2.24, 2.45) is 0 Å². The predicted molar refractivity (Wildman–Crippen MR) is 76.3 cm³/mol. The Balaban J connectivity index is 2.28. The summed E-state index contributed by atoms with van der Waals surface area (Å²) in [6.07, 6.45) is 5.79. The van der Waals surface area contributed by atoms with Gasteiger partial charge in [0.05, 0.1) is 11.7 Å². The smallest absolute Gasteiger partial charge is 0.203 e. The fourth-order valence-electron chi connectivity index (χ4n) is 1.79. The summed E-state index contributed by atoms with van der Waals surface area (Å²) in [7, 11) is 0. The van der Waals surface area contributed by atoms with Gasteiger partial charge in [-0.05, 0) is 20.8 Å². The zero-order chi connectivity index (χ0) is 13.1. The summed E-state index contributed by atoms with van der Waals surface area (Å²) in [4.78, 5) is 10.2. The van der Waals surface area contributed by atoms with E-state index in [0.29, 0.717) is 6.54 Å². The van der Waals surface area contributed by atoms with Crippen LogP contribution >= 0.6 is 11.3 Å². The molecule has 0 aliphatic heterocycles. The molecular formula is C13H18N4S. The highest BCUT2D eigenvalue weighted by molar-refractivity contribution is 7.11. The van der Waals surface area contributed by atoms with Crippen LogP contribution in [0.2, 0.25) is 0 Å². The van der Waals surface area contributed by atoms with Crippen molar-refractivity contribution in [1.82, 2.24) is 14.5 Å². The van der Waals surface area contributed by atoms with E-state index in [1.165, 1.54) is 4.88 Å². The summed E-state index contributed by atoms with van der Waals surface area (Å²) in [5, 5.41) is 4.36. The molecule has 0 aliphatic rings.